The standard InChI is InChI=1S/C57H99NO10/c1-3-5-7-9-11-13-14-15-16-17-18-19-20-21-25-29-33-37-41-45-53(62)66-46-42-38-34-30-26-23-22-24-28-32-36-40-44-52(61)58-49(50(60)43-39-35-31-27-12-10-8-6-4-2)48-67-57-56(65)55(64)54(63)51(47-59)68-57/h4,6,11-13,15-16,23,26-27,39,43,49-51,54-57,59-60,63-65H,3,5,7-10,14,17-22,24-25,28-38,40-42,44-48H2,1-2H3,(H,58,61)/b6-4+,13-11-,16-15-,26-23-,27-12+,43-39+. The Hall–Kier alpha value is -2.90. The number of aliphatic hydroxyl groups excluding tert-OH is 5. The molecule has 0 aromatic rings. The van der Waals surface area contributed by atoms with E-state index in [1.165, 1.54) is 77.0 Å². The Morgan fingerprint density at radius 3 is 1.63 bits per heavy atom. The van der Waals surface area contributed by atoms with E-state index >= 15 is 0 Å². The summed E-state index contributed by atoms with van der Waals surface area (Å²) in [6.45, 7) is 3.95. The van der Waals surface area contributed by atoms with Crippen LogP contribution in [0.25, 0.3) is 0 Å². The fourth-order valence-corrected chi connectivity index (χ4v) is 7.97. The summed E-state index contributed by atoms with van der Waals surface area (Å²) < 4.78 is 16.6. The van der Waals surface area contributed by atoms with Crippen molar-refractivity contribution in [1.29, 1.82) is 0 Å². The Labute approximate surface area is 413 Å². The van der Waals surface area contributed by atoms with Crippen LogP contribution in [0.3, 0.4) is 0 Å². The molecule has 1 aliphatic heterocycles. The van der Waals surface area contributed by atoms with Crippen LogP contribution in [0.5, 0.6) is 0 Å². The molecule has 1 aliphatic rings. The van der Waals surface area contributed by atoms with Crippen LogP contribution < -0.4 is 5.32 Å². The lowest BCUT2D eigenvalue weighted by molar-refractivity contribution is -0.302. The van der Waals surface area contributed by atoms with Crippen LogP contribution in [0.2, 0.25) is 0 Å². The maximum absolute atomic E-state index is 12.9. The minimum Gasteiger partial charge on any atom is -0.466 e. The van der Waals surface area contributed by atoms with Crippen molar-refractivity contribution in [3.63, 3.8) is 0 Å². The fourth-order valence-electron chi connectivity index (χ4n) is 7.97. The van der Waals surface area contributed by atoms with Crippen LogP contribution in [0.4, 0.5) is 0 Å². The number of amides is 1. The molecule has 6 N–H and O–H groups in total. The third-order valence-corrected chi connectivity index (χ3v) is 12.3. The molecule has 7 atom stereocenters. The molecule has 0 spiro atoms. The number of rotatable bonds is 45. The zero-order valence-corrected chi connectivity index (χ0v) is 42.8. The quantitative estimate of drug-likeness (QED) is 0.0196. The van der Waals surface area contributed by atoms with Crippen molar-refractivity contribution in [3.05, 3.63) is 72.9 Å². The summed E-state index contributed by atoms with van der Waals surface area (Å²) in [5.41, 5.74) is 0. The molecule has 7 unspecified atom stereocenters. The second-order valence-electron chi connectivity index (χ2n) is 18.6. The number of esters is 1. The second-order valence-corrected chi connectivity index (χ2v) is 18.6. The molecule has 1 rings (SSSR count). The Morgan fingerprint density at radius 2 is 1.06 bits per heavy atom. The molecule has 0 aromatic carbocycles. The summed E-state index contributed by atoms with van der Waals surface area (Å²) in [6.07, 6.45) is 50.2. The molecular formula is C57H99NO10. The summed E-state index contributed by atoms with van der Waals surface area (Å²) in [5, 5.41) is 54.0. The number of hydrogen-bond donors (Lipinski definition) is 6. The number of unbranched alkanes of at least 4 members (excludes halogenated alkanes) is 22. The zero-order chi connectivity index (χ0) is 49.6. The Bertz CT molecular complexity index is 1360. The van der Waals surface area contributed by atoms with E-state index in [-0.39, 0.29) is 18.5 Å². The van der Waals surface area contributed by atoms with E-state index in [1.807, 2.05) is 19.1 Å². The van der Waals surface area contributed by atoms with Gasteiger partial charge in [0.1, 0.15) is 24.4 Å². The van der Waals surface area contributed by atoms with Gasteiger partial charge in [0.25, 0.3) is 0 Å². The van der Waals surface area contributed by atoms with Gasteiger partial charge in [-0.05, 0) is 116 Å². The molecule has 11 nitrogen and oxygen atoms in total. The SMILES string of the molecule is C/C=C/CC/C=C/CC/C=C/C(O)C(COC1OC(CO)C(O)C(O)C1O)NC(=O)CCCCCCC/C=C\CCCCCOC(=O)CCCCCCCCCCC/C=C\C/C=C\CCCCC. The predicted molar refractivity (Wildman–Crippen MR) is 278 cm³/mol. The molecule has 0 saturated carbocycles. The third kappa shape index (κ3) is 36.1. The summed E-state index contributed by atoms with van der Waals surface area (Å²) >= 11 is 0. The third-order valence-electron chi connectivity index (χ3n) is 12.3. The van der Waals surface area contributed by atoms with E-state index < -0.39 is 49.5 Å². The van der Waals surface area contributed by atoms with Crippen molar-refractivity contribution in [3.8, 4) is 0 Å². The predicted octanol–water partition coefficient (Wildman–Crippen LogP) is 11.7. The Kier molecular flexibility index (Phi) is 43.1. The van der Waals surface area contributed by atoms with Gasteiger partial charge in [-0.15, -0.1) is 0 Å². The van der Waals surface area contributed by atoms with Gasteiger partial charge >= 0.3 is 5.97 Å². The van der Waals surface area contributed by atoms with Crippen molar-refractivity contribution < 1.29 is 49.3 Å². The van der Waals surface area contributed by atoms with Crippen molar-refractivity contribution in [2.75, 3.05) is 19.8 Å². The molecule has 1 saturated heterocycles. The number of aliphatic hydroxyl groups is 5. The van der Waals surface area contributed by atoms with Gasteiger partial charge in [0, 0.05) is 12.8 Å². The molecular weight excluding hydrogens is 859 g/mol. The number of allylic oxidation sites excluding steroid dienone is 11. The summed E-state index contributed by atoms with van der Waals surface area (Å²) in [6, 6.07) is -0.854. The molecule has 1 amide bonds. The highest BCUT2D eigenvalue weighted by molar-refractivity contribution is 5.76. The average molecular weight is 958 g/mol. The van der Waals surface area contributed by atoms with Crippen molar-refractivity contribution in [1.82, 2.24) is 5.32 Å². The molecule has 11 heteroatoms. The van der Waals surface area contributed by atoms with Gasteiger partial charge in [-0.2, -0.15) is 0 Å². The van der Waals surface area contributed by atoms with Gasteiger partial charge in [0.2, 0.25) is 5.91 Å². The lowest BCUT2D eigenvalue weighted by Crippen LogP contribution is -2.60. The Morgan fingerprint density at radius 1 is 0.574 bits per heavy atom. The van der Waals surface area contributed by atoms with Crippen LogP contribution in [0, 0.1) is 0 Å². The number of ether oxygens (including phenoxy) is 3. The first kappa shape index (κ1) is 63.1. The highest BCUT2D eigenvalue weighted by atomic mass is 16.7. The van der Waals surface area contributed by atoms with Crippen molar-refractivity contribution in [2.45, 2.75) is 256 Å². The largest absolute Gasteiger partial charge is 0.466 e. The summed E-state index contributed by atoms with van der Waals surface area (Å²) in [7, 11) is 0. The number of carbonyl (C=O) groups excluding carboxylic acids is 2. The van der Waals surface area contributed by atoms with E-state index in [9.17, 15) is 35.1 Å². The van der Waals surface area contributed by atoms with Crippen LogP contribution in [-0.4, -0.2) is 100 Å². The van der Waals surface area contributed by atoms with E-state index in [0.717, 1.165) is 96.3 Å². The van der Waals surface area contributed by atoms with Crippen LogP contribution in [0.15, 0.2) is 72.9 Å². The summed E-state index contributed by atoms with van der Waals surface area (Å²) in [5.74, 6) is -0.282. The van der Waals surface area contributed by atoms with Gasteiger partial charge in [-0.25, -0.2) is 0 Å². The molecule has 1 fully saturated rings. The van der Waals surface area contributed by atoms with Gasteiger partial charge in [0.05, 0.1) is 32.0 Å². The van der Waals surface area contributed by atoms with Crippen molar-refractivity contribution >= 4 is 11.9 Å². The highest BCUT2D eigenvalue weighted by Gasteiger charge is 2.44. The van der Waals surface area contributed by atoms with Gasteiger partial charge in [-0.3, -0.25) is 9.59 Å². The van der Waals surface area contributed by atoms with E-state index in [4.69, 9.17) is 14.2 Å². The van der Waals surface area contributed by atoms with E-state index in [1.54, 1.807) is 6.08 Å². The van der Waals surface area contributed by atoms with Crippen LogP contribution >= 0.6 is 0 Å². The van der Waals surface area contributed by atoms with Gasteiger partial charge in [0.15, 0.2) is 6.29 Å². The monoisotopic (exact) mass is 958 g/mol. The first-order valence-electron chi connectivity index (χ1n) is 27.2. The van der Waals surface area contributed by atoms with Gasteiger partial charge < -0.3 is 45.1 Å². The maximum atomic E-state index is 12.9. The number of hydrogen-bond acceptors (Lipinski definition) is 10. The first-order chi connectivity index (χ1) is 33.2. The lowest BCUT2D eigenvalue weighted by atomic mass is 9.99. The molecule has 0 aliphatic carbocycles. The topological polar surface area (TPSA) is 175 Å². The molecule has 1 heterocycles. The van der Waals surface area contributed by atoms with Crippen LogP contribution in [0.1, 0.15) is 213 Å². The number of carbonyl (C=O) groups is 2. The molecule has 0 aromatic heterocycles. The fraction of sp³-hybridized carbons (Fsp3) is 0.754. The molecule has 0 bridgehead atoms. The molecule has 0 radical (unpaired) electrons. The van der Waals surface area contributed by atoms with E-state index in [2.05, 4.69) is 66.9 Å². The van der Waals surface area contributed by atoms with Crippen molar-refractivity contribution in [2.24, 2.45) is 0 Å². The average Bonchev–Trinajstić information content (AvgIpc) is 3.33. The smallest absolute Gasteiger partial charge is 0.305 e. The normalized spacial score (nSPS) is 20.0. The molecule has 68 heavy (non-hydrogen) atoms. The lowest BCUT2D eigenvalue weighted by Gasteiger charge is -2.40. The second kappa shape index (κ2) is 46.5. The first-order valence-corrected chi connectivity index (χ1v) is 27.2. The zero-order valence-electron chi connectivity index (χ0n) is 42.8. The van der Waals surface area contributed by atoms with E-state index in [0.29, 0.717) is 32.3 Å². The minimum atomic E-state index is -1.59. The summed E-state index contributed by atoms with van der Waals surface area (Å²) in [4.78, 5) is 25.1. The van der Waals surface area contributed by atoms with Gasteiger partial charge in [-0.1, -0.05) is 157 Å². The highest BCUT2D eigenvalue weighted by Crippen LogP contribution is 2.22. The van der Waals surface area contributed by atoms with Crippen LogP contribution in [-0.2, 0) is 23.8 Å². The maximum Gasteiger partial charge on any atom is 0.305 e. The molecule has 392 valence electrons. The minimum absolute atomic E-state index is 0.0543. The number of nitrogens with one attached hydrogen (secondary N) is 1. The Balaban J connectivity index is 2.11.